The van der Waals surface area contributed by atoms with Crippen molar-refractivity contribution < 1.29 is 14.3 Å². The summed E-state index contributed by atoms with van der Waals surface area (Å²) in [7, 11) is 0. The number of aromatic amines is 1. The van der Waals surface area contributed by atoms with Crippen molar-refractivity contribution in [2.75, 3.05) is 13.2 Å². The molecular weight excluding hydrogens is 316 g/mol. The molecule has 1 aliphatic heterocycles. The van der Waals surface area contributed by atoms with Gasteiger partial charge in [0.2, 0.25) is 0 Å². The van der Waals surface area contributed by atoms with Gasteiger partial charge in [-0.25, -0.2) is 4.79 Å². The number of hydrogen-bond donors (Lipinski definition) is 1. The number of ether oxygens (including phenoxy) is 1. The van der Waals surface area contributed by atoms with Crippen molar-refractivity contribution in [1.29, 1.82) is 0 Å². The number of amides is 1. The predicted octanol–water partition coefficient (Wildman–Crippen LogP) is 3.51. The standard InChI is InChI=1S/C20H24N2O3/c23-19(22-11-5-8-14-6-2-4-10-18(14)22)13-25-20(24)17-12-15-7-1-3-9-16(15)21-17/h1,3,7,9,12,14,18,21H,2,4-6,8,10-11,13H2/t14-,18+/m0/s1. The third-order valence-corrected chi connectivity index (χ3v) is 5.64. The van der Waals surface area contributed by atoms with E-state index in [9.17, 15) is 9.59 Å². The zero-order valence-corrected chi connectivity index (χ0v) is 14.4. The Morgan fingerprint density at radius 1 is 1.12 bits per heavy atom. The molecule has 0 bridgehead atoms. The van der Waals surface area contributed by atoms with Crippen LogP contribution < -0.4 is 0 Å². The fourth-order valence-electron chi connectivity index (χ4n) is 4.41. The molecule has 2 heterocycles. The van der Waals surface area contributed by atoms with E-state index in [2.05, 4.69) is 4.98 Å². The lowest BCUT2D eigenvalue weighted by molar-refractivity contribution is -0.140. The molecule has 0 spiro atoms. The lowest BCUT2D eigenvalue weighted by atomic mass is 9.78. The summed E-state index contributed by atoms with van der Waals surface area (Å²) in [5, 5.41) is 0.960. The molecular formula is C20H24N2O3. The number of aromatic nitrogens is 1. The number of esters is 1. The van der Waals surface area contributed by atoms with E-state index in [0.717, 1.165) is 30.3 Å². The van der Waals surface area contributed by atoms with Crippen molar-refractivity contribution in [3.8, 4) is 0 Å². The molecule has 0 unspecified atom stereocenters. The fraction of sp³-hybridized carbons (Fsp3) is 0.500. The van der Waals surface area contributed by atoms with Crippen molar-refractivity contribution in [3.63, 3.8) is 0 Å². The van der Waals surface area contributed by atoms with E-state index in [-0.39, 0.29) is 12.5 Å². The highest BCUT2D eigenvalue weighted by Gasteiger charge is 2.35. The minimum atomic E-state index is -0.471. The Hall–Kier alpha value is -2.30. The van der Waals surface area contributed by atoms with Crippen molar-refractivity contribution in [2.45, 2.75) is 44.6 Å². The van der Waals surface area contributed by atoms with Crippen LogP contribution in [0.2, 0.25) is 0 Å². The number of para-hydroxylation sites is 1. The van der Waals surface area contributed by atoms with Crippen LogP contribution in [0.15, 0.2) is 30.3 Å². The van der Waals surface area contributed by atoms with Gasteiger partial charge >= 0.3 is 5.97 Å². The average Bonchev–Trinajstić information content (AvgIpc) is 3.09. The van der Waals surface area contributed by atoms with Crippen LogP contribution >= 0.6 is 0 Å². The fourth-order valence-corrected chi connectivity index (χ4v) is 4.41. The zero-order chi connectivity index (χ0) is 17.2. The van der Waals surface area contributed by atoms with Gasteiger partial charge in [-0.15, -0.1) is 0 Å². The molecule has 1 amide bonds. The molecule has 2 fully saturated rings. The van der Waals surface area contributed by atoms with E-state index >= 15 is 0 Å². The first kappa shape index (κ1) is 16.2. The molecule has 1 aromatic carbocycles. The molecule has 5 heteroatoms. The Morgan fingerprint density at radius 3 is 2.80 bits per heavy atom. The predicted molar refractivity (Wildman–Crippen MR) is 95.3 cm³/mol. The number of piperidine rings is 1. The molecule has 1 saturated carbocycles. The molecule has 1 N–H and O–H groups in total. The second-order valence-corrected chi connectivity index (χ2v) is 7.19. The smallest absolute Gasteiger partial charge is 0.355 e. The van der Waals surface area contributed by atoms with Crippen LogP contribution in [-0.2, 0) is 9.53 Å². The van der Waals surface area contributed by atoms with Crippen LogP contribution in [0.5, 0.6) is 0 Å². The molecule has 1 aliphatic carbocycles. The van der Waals surface area contributed by atoms with Gasteiger partial charge < -0.3 is 14.6 Å². The second kappa shape index (κ2) is 6.90. The maximum Gasteiger partial charge on any atom is 0.355 e. The number of benzene rings is 1. The molecule has 1 aromatic heterocycles. The molecule has 2 aliphatic rings. The molecule has 1 saturated heterocycles. The Balaban J connectivity index is 1.38. The Labute approximate surface area is 147 Å². The first-order valence-electron chi connectivity index (χ1n) is 9.27. The van der Waals surface area contributed by atoms with Gasteiger partial charge in [-0.1, -0.05) is 31.0 Å². The van der Waals surface area contributed by atoms with Gasteiger partial charge in [0, 0.05) is 23.5 Å². The van der Waals surface area contributed by atoms with E-state index in [1.807, 2.05) is 29.2 Å². The summed E-state index contributed by atoms with van der Waals surface area (Å²) in [6, 6.07) is 9.79. The number of carbonyl (C=O) groups is 2. The minimum Gasteiger partial charge on any atom is -0.451 e. The van der Waals surface area contributed by atoms with Gasteiger partial charge in [-0.3, -0.25) is 4.79 Å². The van der Waals surface area contributed by atoms with E-state index in [1.165, 1.54) is 25.7 Å². The number of likely N-dealkylation sites (tertiary alicyclic amines) is 1. The van der Waals surface area contributed by atoms with Crippen molar-refractivity contribution in [2.24, 2.45) is 5.92 Å². The minimum absolute atomic E-state index is 0.0546. The molecule has 4 rings (SSSR count). The lowest BCUT2D eigenvalue weighted by Gasteiger charge is -2.44. The summed E-state index contributed by atoms with van der Waals surface area (Å²) in [5.74, 6) is 0.110. The number of carbonyl (C=O) groups excluding carboxylic acids is 2. The third kappa shape index (κ3) is 3.28. The Bertz CT molecular complexity index is 747. The Morgan fingerprint density at radius 2 is 1.92 bits per heavy atom. The number of fused-ring (bicyclic) bond motifs is 2. The summed E-state index contributed by atoms with van der Waals surface area (Å²) in [5.41, 5.74) is 1.28. The zero-order valence-electron chi connectivity index (χ0n) is 14.4. The lowest BCUT2D eigenvalue weighted by Crippen LogP contribution is -2.50. The maximum absolute atomic E-state index is 12.6. The number of nitrogens with one attached hydrogen (secondary N) is 1. The highest BCUT2D eigenvalue weighted by molar-refractivity contribution is 5.95. The molecule has 25 heavy (non-hydrogen) atoms. The van der Waals surface area contributed by atoms with Crippen LogP contribution in [0.4, 0.5) is 0 Å². The van der Waals surface area contributed by atoms with E-state index in [0.29, 0.717) is 17.7 Å². The number of nitrogens with zero attached hydrogens (tertiary/aromatic N) is 1. The molecule has 2 aromatic rings. The largest absolute Gasteiger partial charge is 0.451 e. The van der Waals surface area contributed by atoms with Gasteiger partial charge in [-0.2, -0.15) is 0 Å². The summed E-state index contributed by atoms with van der Waals surface area (Å²) in [6.45, 7) is 0.626. The SMILES string of the molecule is O=C(OCC(=O)N1CCC[C@@H]2CCCC[C@H]21)c1cc2ccccc2[nH]1. The number of hydrogen-bond acceptors (Lipinski definition) is 3. The number of H-pyrrole nitrogens is 1. The highest BCUT2D eigenvalue weighted by atomic mass is 16.5. The topological polar surface area (TPSA) is 62.4 Å². The van der Waals surface area contributed by atoms with Crippen LogP contribution in [0, 0.1) is 5.92 Å². The quantitative estimate of drug-likeness (QED) is 0.870. The highest BCUT2D eigenvalue weighted by Crippen LogP contribution is 2.35. The van der Waals surface area contributed by atoms with Crippen LogP contribution in [0.25, 0.3) is 10.9 Å². The summed E-state index contributed by atoms with van der Waals surface area (Å²) >= 11 is 0. The van der Waals surface area contributed by atoms with Gasteiger partial charge in [0.15, 0.2) is 6.61 Å². The average molecular weight is 340 g/mol. The first-order valence-corrected chi connectivity index (χ1v) is 9.27. The van der Waals surface area contributed by atoms with Gasteiger partial charge in [0.05, 0.1) is 0 Å². The van der Waals surface area contributed by atoms with Crippen molar-refractivity contribution in [1.82, 2.24) is 9.88 Å². The van der Waals surface area contributed by atoms with Gasteiger partial charge in [0.25, 0.3) is 5.91 Å². The molecule has 2 atom stereocenters. The molecule has 0 radical (unpaired) electrons. The third-order valence-electron chi connectivity index (χ3n) is 5.64. The van der Waals surface area contributed by atoms with E-state index in [1.54, 1.807) is 6.07 Å². The summed E-state index contributed by atoms with van der Waals surface area (Å²) in [4.78, 5) is 29.9. The van der Waals surface area contributed by atoms with Gasteiger partial charge in [-0.05, 0) is 43.7 Å². The van der Waals surface area contributed by atoms with Crippen molar-refractivity contribution >= 4 is 22.8 Å². The summed E-state index contributed by atoms with van der Waals surface area (Å²) < 4.78 is 5.29. The second-order valence-electron chi connectivity index (χ2n) is 7.19. The van der Waals surface area contributed by atoms with Gasteiger partial charge in [0.1, 0.15) is 5.69 Å². The van der Waals surface area contributed by atoms with E-state index in [4.69, 9.17) is 4.74 Å². The normalized spacial score (nSPS) is 23.3. The van der Waals surface area contributed by atoms with Crippen molar-refractivity contribution in [3.05, 3.63) is 36.0 Å². The Kier molecular flexibility index (Phi) is 4.47. The first-order chi connectivity index (χ1) is 12.2. The maximum atomic E-state index is 12.6. The van der Waals surface area contributed by atoms with Crippen LogP contribution in [0.3, 0.4) is 0 Å². The summed E-state index contributed by atoms with van der Waals surface area (Å²) in [6.07, 6.45) is 7.07. The van der Waals surface area contributed by atoms with Crippen LogP contribution in [-0.4, -0.2) is 41.0 Å². The van der Waals surface area contributed by atoms with Crippen LogP contribution in [0.1, 0.15) is 49.0 Å². The molecule has 132 valence electrons. The molecule has 5 nitrogen and oxygen atoms in total. The van der Waals surface area contributed by atoms with E-state index < -0.39 is 5.97 Å². The monoisotopic (exact) mass is 340 g/mol. The number of rotatable bonds is 3.